The molecule has 1 rings (SSSR count). The molecule has 0 saturated carbocycles. The van der Waals surface area contributed by atoms with Crippen molar-refractivity contribution in [2.75, 3.05) is 0 Å². The first-order chi connectivity index (χ1) is 6.09. The van der Waals surface area contributed by atoms with E-state index in [2.05, 4.69) is 0 Å². The van der Waals surface area contributed by atoms with Gasteiger partial charge in [-0.05, 0) is 12.5 Å². The zero-order chi connectivity index (χ0) is 9.84. The summed E-state index contributed by atoms with van der Waals surface area (Å²) in [7, 11) is 1.88. The summed E-state index contributed by atoms with van der Waals surface area (Å²) in [5.74, 6) is -0.929. The summed E-state index contributed by atoms with van der Waals surface area (Å²) in [4.78, 5) is 10.3. The molecule has 0 bridgehead atoms. The maximum atomic E-state index is 10.3. The lowest BCUT2D eigenvalue weighted by Gasteiger charge is -1.94. The number of aryl methyl sites for hydroxylation is 2. The maximum absolute atomic E-state index is 10.3. The quantitative estimate of drug-likeness (QED) is 0.540. The van der Waals surface area contributed by atoms with Gasteiger partial charge in [-0.15, -0.1) is 0 Å². The van der Waals surface area contributed by atoms with Crippen molar-refractivity contribution in [3.63, 3.8) is 0 Å². The highest BCUT2D eigenvalue weighted by Crippen LogP contribution is 1.99. The maximum Gasteiger partial charge on any atom is 0.328 e. The van der Waals surface area contributed by atoms with Crippen LogP contribution in [-0.2, 0) is 11.8 Å². The third-order valence-electron chi connectivity index (χ3n) is 1.74. The number of hydrogen-bond acceptors (Lipinski definition) is 1. The minimum Gasteiger partial charge on any atom is -0.478 e. The Morgan fingerprint density at radius 1 is 1.62 bits per heavy atom. The van der Waals surface area contributed by atoms with Gasteiger partial charge in [0.2, 0.25) is 5.69 Å². The van der Waals surface area contributed by atoms with E-state index in [4.69, 9.17) is 5.11 Å². The van der Waals surface area contributed by atoms with E-state index in [0.717, 1.165) is 17.3 Å². The Morgan fingerprint density at radius 3 is 2.92 bits per heavy atom. The number of carboxylic acid groups (broad SMARTS) is 1. The molecule has 0 aliphatic heterocycles. The lowest BCUT2D eigenvalue weighted by atomic mass is 10.2. The van der Waals surface area contributed by atoms with E-state index >= 15 is 0 Å². The second-order valence-electron chi connectivity index (χ2n) is 2.91. The molecule has 0 fully saturated rings. The lowest BCUT2D eigenvalue weighted by molar-refractivity contribution is -0.673. The first kappa shape index (κ1) is 9.45. The third kappa shape index (κ3) is 2.71. The number of hydrogen-bond donors (Lipinski definition) is 1. The van der Waals surface area contributed by atoms with E-state index in [9.17, 15) is 4.79 Å². The summed E-state index contributed by atoms with van der Waals surface area (Å²) in [5.41, 5.74) is 1.99. The highest BCUT2D eigenvalue weighted by molar-refractivity contribution is 5.84. The number of carbonyl (C=O) groups is 1. The van der Waals surface area contributed by atoms with Crippen LogP contribution in [0.4, 0.5) is 0 Å². The predicted molar refractivity (Wildman–Crippen MR) is 49.0 cm³/mol. The molecule has 13 heavy (non-hydrogen) atoms. The van der Waals surface area contributed by atoms with Crippen LogP contribution in [-0.4, -0.2) is 11.1 Å². The van der Waals surface area contributed by atoms with Gasteiger partial charge in [0.25, 0.3) is 0 Å². The predicted octanol–water partition coefficient (Wildman–Crippen LogP) is 0.917. The molecule has 1 N–H and O–H groups in total. The van der Waals surface area contributed by atoms with Gasteiger partial charge in [-0.25, -0.2) is 9.36 Å². The van der Waals surface area contributed by atoms with Crippen molar-refractivity contribution in [1.29, 1.82) is 0 Å². The van der Waals surface area contributed by atoms with E-state index in [1.54, 1.807) is 6.08 Å². The molecular formula is C10H12NO2+. The Bertz CT molecular complexity index is 356. The normalized spacial score (nSPS) is 10.6. The summed E-state index contributed by atoms with van der Waals surface area (Å²) in [6.07, 6.45) is 4.61. The fourth-order valence-electron chi connectivity index (χ4n) is 1.02. The molecule has 1 aromatic heterocycles. The largest absolute Gasteiger partial charge is 0.478 e. The number of aliphatic carboxylic acids is 1. The monoisotopic (exact) mass is 178 g/mol. The van der Waals surface area contributed by atoms with Gasteiger partial charge in [0.15, 0.2) is 6.20 Å². The molecule has 3 heteroatoms. The van der Waals surface area contributed by atoms with Crippen LogP contribution in [0.2, 0.25) is 0 Å². The van der Waals surface area contributed by atoms with Crippen molar-refractivity contribution in [2.45, 2.75) is 6.92 Å². The number of aromatic nitrogens is 1. The van der Waals surface area contributed by atoms with Gasteiger partial charge >= 0.3 is 5.97 Å². The molecule has 68 valence electrons. The fraction of sp³-hybridized carbons (Fsp3) is 0.200. The Hall–Kier alpha value is -1.64. The first-order valence-electron chi connectivity index (χ1n) is 3.97. The van der Waals surface area contributed by atoms with Gasteiger partial charge < -0.3 is 5.11 Å². The summed E-state index contributed by atoms with van der Waals surface area (Å²) >= 11 is 0. The molecule has 0 saturated heterocycles. The van der Waals surface area contributed by atoms with Crippen LogP contribution in [0, 0.1) is 6.92 Å². The Kier molecular flexibility index (Phi) is 2.80. The second-order valence-corrected chi connectivity index (χ2v) is 2.91. The van der Waals surface area contributed by atoms with E-state index in [1.165, 1.54) is 0 Å². The van der Waals surface area contributed by atoms with Crippen molar-refractivity contribution in [3.05, 3.63) is 35.7 Å². The van der Waals surface area contributed by atoms with Crippen LogP contribution in [0.1, 0.15) is 11.3 Å². The van der Waals surface area contributed by atoms with Crippen molar-refractivity contribution in [3.8, 4) is 0 Å². The lowest BCUT2D eigenvalue weighted by Crippen LogP contribution is -2.31. The minimum atomic E-state index is -0.929. The molecule has 0 spiro atoms. The molecule has 0 aliphatic rings. The van der Waals surface area contributed by atoms with Gasteiger partial charge in [-0.2, -0.15) is 0 Å². The van der Waals surface area contributed by atoms with E-state index in [-0.39, 0.29) is 0 Å². The molecule has 0 aliphatic carbocycles. The molecule has 1 heterocycles. The molecule has 1 aromatic rings. The fourth-order valence-corrected chi connectivity index (χ4v) is 1.02. The van der Waals surface area contributed by atoms with Gasteiger partial charge in [0.1, 0.15) is 7.05 Å². The third-order valence-corrected chi connectivity index (χ3v) is 1.74. The summed E-state index contributed by atoms with van der Waals surface area (Å²) in [5, 5.41) is 8.44. The van der Waals surface area contributed by atoms with Crippen LogP contribution >= 0.6 is 0 Å². The summed E-state index contributed by atoms with van der Waals surface area (Å²) < 4.78 is 1.87. The van der Waals surface area contributed by atoms with Gasteiger partial charge in [0.05, 0.1) is 0 Å². The molecule has 0 atom stereocenters. The van der Waals surface area contributed by atoms with Gasteiger partial charge in [0, 0.05) is 24.3 Å². The van der Waals surface area contributed by atoms with Crippen molar-refractivity contribution in [2.24, 2.45) is 7.05 Å². The van der Waals surface area contributed by atoms with E-state index in [1.807, 2.05) is 36.9 Å². The average molecular weight is 178 g/mol. The van der Waals surface area contributed by atoms with E-state index < -0.39 is 5.97 Å². The summed E-state index contributed by atoms with van der Waals surface area (Å²) in [6.45, 7) is 1.97. The topological polar surface area (TPSA) is 41.2 Å². The number of carboxylic acids is 1. The highest BCUT2D eigenvalue weighted by atomic mass is 16.4. The summed E-state index contributed by atoms with van der Waals surface area (Å²) in [6, 6.07) is 3.90. The Labute approximate surface area is 77.0 Å². The molecule has 0 aromatic carbocycles. The van der Waals surface area contributed by atoms with E-state index in [0.29, 0.717) is 0 Å². The van der Waals surface area contributed by atoms with Crippen molar-refractivity contribution < 1.29 is 14.5 Å². The second kappa shape index (κ2) is 3.85. The minimum absolute atomic E-state index is 0.877. The van der Waals surface area contributed by atoms with Crippen LogP contribution in [0.25, 0.3) is 6.08 Å². The molecule has 0 amide bonds. The van der Waals surface area contributed by atoms with Crippen LogP contribution < -0.4 is 4.57 Å². The standard InChI is InChI=1S/C10H11NO2/c1-8-5-6-11(2)9(7-8)3-4-10(12)13/h3-7H,1-2H3/p+1. The van der Waals surface area contributed by atoms with Crippen LogP contribution in [0.3, 0.4) is 0 Å². The smallest absolute Gasteiger partial charge is 0.328 e. The number of nitrogens with zero attached hydrogens (tertiary/aromatic N) is 1. The molecule has 3 nitrogen and oxygen atoms in total. The molecule has 0 radical (unpaired) electrons. The van der Waals surface area contributed by atoms with Crippen LogP contribution in [0.5, 0.6) is 0 Å². The van der Waals surface area contributed by atoms with Gasteiger partial charge in [-0.3, -0.25) is 0 Å². The van der Waals surface area contributed by atoms with Crippen molar-refractivity contribution in [1.82, 2.24) is 0 Å². The Morgan fingerprint density at radius 2 is 2.31 bits per heavy atom. The highest BCUT2D eigenvalue weighted by Gasteiger charge is 2.01. The zero-order valence-corrected chi connectivity index (χ0v) is 7.69. The average Bonchev–Trinajstić information content (AvgIpc) is 2.06. The SMILES string of the molecule is Cc1cc[n+](C)c(C=CC(=O)O)c1. The van der Waals surface area contributed by atoms with Gasteiger partial charge in [-0.1, -0.05) is 0 Å². The number of rotatable bonds is 2. The molecule has 0 unspecified atom stereocenters. The van der Waals surface area contributed by atoms with Crippen LogP contribution in [0.15, 0.2) is 24.4 Å². The zero-order valence-electron chi connectivity index (χ0n) is 7.69. The molecular weight excluding hydrogens is 166 g/mol. The van der Waals surface area contributed by atoms with Crippen molar-refractivity contribution >= 4 is 12.0 Å². The Balaban J connectivity index is 3.00. The first-order valence-corrected chi connectivity index (χ1v) is 3.97. The number of pyridine rings is 1.